The molecule has 3 rings (SSSR count). The fourth-order valence-electron chi connectivity index (χ4n) is 2.91. The molecule has 0 aliphatic carbocycles. The molecule has 0 saturated carbocycles. The quantitative estimate of drug-likeness (QED) is 0.624. The van der Waals surface area contributed by atoms with Gasteiger partial charge in [0.25, 0.3) is 0 Å². The maximum absolute atomic E-state index is 12.4. The fraction of sp³-hybridized carbons (Fsp3) is 0.300. The van der Waals surface area contributed by atoms with Gasteiger partial charge in [-0.3, -0.25) is 9.78 Å². The van der Waals surface area contributed by atoms with Gasteiger partial charge in [0.1, 0.15) is 0 Å². The number of aromatic nitrogens is 4. The minimum Gasteiger partial charge on any atom is -0.325 e. The van der Waals surface area contributed by atoms with Gasteiger partial charge in [0, 0.05) is 30.2 Å². The van der Waals surface area contributed by atoms with E-state index in [4.69, 9.17) is 0 Å². The van der Waals surface area contributed by atoms with Crippen molar-refractivity contribution in [2.75, 3.05) is 11.1 Å². The van der Waals surface area contributed by atoms with Crippen molar-refractivity contribution in [3.05, 3.63) is 53.9 Å². The zero-order valence-electron chi connectivity index (χ0n) is 15.8. The summed E-state index contributed by atoms with van der Waals surface area (Å²) in [5.74, 6) is 1.03. The topological polar surface area (TPSA) is 72.7 Å². The van der Waals surface area contributed by atoms with Crippen molar-refractivity contribution in [2.45, 2.75) is 38.9 Å². The second-order valence-corrected chi connectivity index (χ2v) is 7.35. The van der Waals surface area contributed by atoms with Crippen LogP contribution in [0, 0.1) is 13.8 Å². The molecule has 0 unspecified atom stereocenters. The lowest BCUT2D eigenvalue weighted by molar-refractivity contribution is -0.113. The van der Waals surface area contributed by atoms with Crippen LogP contribution in [0.1, 0.15) is 24.5 Å². The summed E-state index contributed by atoms with van der Waals surface area (Å²) >= 11 is 1.40. The van der Waals surface area contributed by atoms with Crippen molar-refractivity contribution >= 4 is 23.4 Å². The number of carbonyl (C=O) groups is 1. The van der Waals surface area contributed by atoms with Crippen molar-refractivity contribution in [3.63, 3.8) is 0 Å². The molecule has 1 amide bonds. The Bertz CT molecular complexity index is 903. The molecule has 2 heterocycles. The summed E-state index contributed by atoms with van der Waals surface area (Å²) in [6, 6.07) is 9.85. The Hall–Kier alpha value is -2.67. The lowest BCUT2D eigenvalue weighted by atomic mass is 10.1. The van der Waals surface area contributed by atoms with Crippen molar-refractivity contribution < 1.29 is 4.79 Å². The fourth-order valence-corrected chi connectivity index (χ4v) is 3.67. The van der Waals surface area contributed by atoms with E-state index in [0.29, 0.717) is 0 Å². The zero-order chi connectivity index (χ0) is 19.2. The Morgan fingerprint density at radius 2 is 1.81 bits per heavy atom. The normalized spacial score (nSPS) is 10.8. The smallest absolute Gasteiger partial charge is 0.234 e. The van der Waals surface area contributed by atoms with Gasteiger partial charge in [-0.05, 0) is 55.7 Å². The van der Waals surface area contributed by atoms with E-state index in [-0.39, 0.29) is 11.7 Å². The van der Waals surface area contributed by atoms with Crippen LogP contribution in [0.3, 0.4) is 0 Å². The summed E-state index contributed by atoms with van der Waals surface area (Å²) in [5.41, 5.74) is 4.05. The highest BCUT2D eigenvalue weighted by Crippen LogP contribution is 2.24. The SMILES string of the molecule is CCCn1c(SCC(=O)Nc2cc(C)cc(C)c2)nnc1-c1ccncc1. The predicted octanol–water partition coefficient (Wildman–Crippen LogP) is 4.10. The third-order valence-corrected chi connectivity index (χ3v) is 4.91. The van der Waals surface area contributed by atoms with Gasteiger partial charge < -0.3 is 9.88 Å². The zero-order valence-corrected chi connectivity index (χ0v) is 16.6. The molecule has 0 radical (unpaired) electrons. The van der Waals surface area contributed by atoms with Crippen LogP contribution in [0.4, 0.5) is 5.69 Å². The highest BCUT2D eigenvalue weighted by molar-refractivity contribution is 7.99. The first-order valence-corrected chi connectivity index (χ1v) is 9.90. The molecule has 1 aromatic carbocycles. The molecular formula is C20H23N5OS. The molecule has 0 spiro atoms. The molecule has 3 aromatic rings. The predicted molar refractivity (Wildman–Crippen MR) is 109 cm³/mol. The van der Waals surface area contributed by atoms with E-state index in [0.717, 1.165) is 46.3 Å². The van der Waals surface area contributed by atoms with Crippen LogP contribution < -0.4 is 5.32 Å². The van der Waals surface area contributed by atoms with Crippen LogP contribution in [0.25, 0.3) is 11.4 Å². The highest BCUT2D eigenvalue weighted by Gasteiger charge is 2.15. The molecule has 0 saturated heterocycles. The van der Waals surface area contributed by atoms with Gasteiger partial charge in [-0.1, -0.05) is 24.8 Å². The van der Waals surface area contributed by atoms with E-state index in [2.05, 4.69) is 38.1 Å². The van der Waals surface area contributed by atoms with E-state index < -0.39 is 0 Å². The van der Waals surface area contributed by atoms with Crippen molar-refractivity contribution in [1.29, 1.82) is 0 Å². The summed E-state index contributed by atoms with van der Waals surface area (Å²) in [7, 11) is 0. The number of rotatable bonds is 7. The van der Waals surface area contributed by atoms with Gasteiger partial charge in [-0.25, -0.2) is 0 Å². The van der Waals surface area contributed by atoms with E-state index >= 15 is 0 Å². The number of carbonyl (C=O) groups excluding carboxylic acids is 1. The van der Waals surface area contributed by atoms with Gasteiger partial charge in [-0.2, -0.15) is 0 Å². The van der Waals surface area contributed by atoms with Crippen LogP contribution in [0.2, 0.25) is 0 Å². The van der Waals surface area contributed by atoms with Crippen LogP contribution in [-0.4, -0.2) is 31.4 Å². The second-order valence-electron chi connectivity index (χ2n) is 6.41. The number of benzene rings is 1. The highest BCUT2D eigenvalue weighted by atomic mass is 32.2. The molecule has 0 aliphatic heterocycles. The first-order chi connectivity index (χ1) is 13.1. The molecule has 27 heavy (non-hydrogen) atoms. The van der Waals surface area contributed by atoms with Gasteiger partial charge in [-0.15, -0.1) is 10.2 Å². The number of hydrogen-bond donors (Lipinski definition) is 1. The van der Waals surface area contributed by atoms with Crippen molar-refractivity contribution in [1.82, 2.24) is 19.7 Å². The van der Waals surface area contributed by atoms with Crippen molar-refractivity contribution in [2.24, 2.45) is 0 Å². The van der Waals surface area contributed by atoms with Gasteiger partial charge in [0.15, 0.2) is 11.0 Å². The Balaban J connectivity index is 1.70. The molecule has 0 fully saturated rings. The Morgan fingerprint density at radius 3 is 2.48 bits per heavy atom. The Kier molecular flexibility index (Phi) is 6.24. The molecule has 6 nitrogen and oxygen atoms in total. The summed E-state index contributed by atoms with van der Waals surface area (Å²) in [4.78, 5) is 16.4. The van der Waals surface area contributed by atoms with E-state index in [9.17, 15) is 4.79 Å². The standard InChI is InChI=1S/C20H23N5OS/c1-4-9-25-19(16-5-7-21-8-6-16)23-24-20(25)27-13-18(26)22-17-11-14(2)10-15(3)12-17/h5-8,10-12H,4,9,13H2,1-3H3,(H,22,26). The number of hydrogen-bond acceptors (Lipinski definition) is 5. The number of nitrogens with one attached hydrogen (secondary N) is 1. The molecule has 0 atom stereocenters. The van der Waals surface area contributed by atoms with E-state index in [1.807, 2.05) is 38.1 Å². The van der Waals surface area contributed by atoms with E-state index in [1.54, 1.807) is 12.4 Å². The maximum Gasteiger partial charge on any atom is 0.234 e. The van der Waals surface area contributed by atoms with Crippen LogP contribution in [0.15, 0.2) is 47.9 Å². The largest absolute Gasteiger partial charge is 0.325 e. The number of nitrogens with zero attached hydrogens (tertiary/aromatic N) is 4. The first-order valence-electron chi connectivity index (χ1n) is 8.91. The molecule has 0 bridgehead atoms. The molecular weight excluding hydrogens is 358 g/mol. The van der Waals surface area contributed by atoms with Gasteiger partial charge >= 0.3 is 0 Å². The first kappa shape index (κ1) is 19.1. The third-order valence-electron chi connectivity index (χ3n) is 3.94. The molecule has 0 aliphatic rings. The number of aryl methyl sites for hydroxylation is 2. The maximum atomic E-state index is 12.4. The minimum absolute atomic E-state index is 0.0542. The Morgan fingerprint density at radius 1 is 1.11 bits per heavy atom. The summed E-state index contributed by atoms with van der Waals surface area (Å²) < 4.78 is 2.06. The molecule has 7 heteroatoms. The number of pyridine rings is 1. The number of anilines is 1. The van der Waals surface area contributed by atoms with E-state index in [1.165, 1.54) is 11.8 Å². The summed E-state index contributed by atoms with van der Waals surface area (Å²) in [6.45, 7) is 6.94. The molecule has 140 valence electrons. The van der Waals surface area contributed by atoms with Crippen LogP contribution >= 0.6 is 11.8 Å². The lowest BCUT2D eigenvalue weighted by Crippen LogP contribution is -2.15. The molecule has 2 aromatic heterocycles. The van der Waals surface area contributed by atoms with Gasteiger partial charge in [0.2, 0.25) is 5.91 Å². The number of amides is 1. The number of thioether (sulfide) groups is 1. The minimum atomic E-state index is -0.0542. The van der Waals surface area contributed by atoms with Crippen molar-refractivity contribution in [3.8, 4) is 11.4 Å². The Labute approximate surface area is 163 Å². The third kappa shape index (κ3) is 4.95. The summed E-state index contributed by atoms with van der Waals surface area (Å²) in [6.07, 6.45) is 4.44. The summed E-state index contributed by atoms with van der Waals surface area (Å²) in [5, 5.41) is 12.3. The van der Waals surface area contributed by atoms with Crippen LogP contribution in [0.5, 0.6) is 0 Å². The lowest BCUT2D eigenvalue weighted by Gasteiger charge is -2.09. The average molecular weight is 382 g/mol. The monoisotopic (exact) mass is 381 g/mol. The average Bonchev–Trinajstić information content (AvgIpc) is 3.03. The second kappa shape index (κ2) is 8.81. The molecule has 1 N–H and O–H groups in total. The van der Waals surface area contributed by atoms with Gasteiger partial charge in [0.05, 0.1) is 5.75 Å². The van der Waals surface area contributed by atoms with Crippen LogP contribution in [-0.2, 0) is 11.3 Å².